The van der Waals surface area contributed by atoms with Gasteiger partial charge in [0.1, 0.15) is 11.8 Å². The molecule has 2 aliphatic rings. The summed E-state index contributed by atoms with van der Waals surface area (Å²) in [4.78, 5) is 24.9. The van der Waals surface area contributed by atoms with Gasteiger partial charge in [0.15, 0.2) is 0 Å². The molecule has 3 N–H and O–H groups in total. The minimum absolute atomic E-state index is 0.209. The van der Waals surface area contributed by atoms with Gasteiger partial charge in [0.2, 0.25) is 5.91 Å². The summed E-state index contributed by atoms with van der Waals surface area (Å²) in [5.41, 5.74) is 7.40. The molecular weight excluding hydrogens is 340 g/mol. The van der Waals surface area contributed by atoms with E-state index in [1.165, 1.54) is 0 Å². The van der Waals surface area contributed by atoms with Gasteiger partial charge < -0.3 is 11.1 Å². The molecule has 1 saturated carbocycles. The van der Waals surface area contributed by atoms with E-state index in [0.29, 0.717) is 5.71 Å². The first-order valence-corrected chi connectivity index (χ1v) is 9.18. The van der Waals surface area contributed by atoms with Crippen molar-refractivity contribution in [3.05, 3.63) is 66.2 Å². The number of carbonyl (C=O) groups is 2. The number of amides is 2. The molecule has 4 rings (SSSR count). The first-order valence-electron chi connectivity index (χ1n) is 9.18. The Bertz CT molecular complexity index is 876. The molecule has 0 spiro atoms. The Morgan fingerprint density at radius 1 is 1.04 bits per heavy atom. The number of hydrogen-bond acceptors (Lipinski definition) is 4. The first-order chi connectivity index (χ1) is 13.1. The van der Waals surface area contributed by atoms with Crippen LogP contribution in [0, 0.1) is 0 Å². The molecule has 1 aliphatic heterocycles. The molecule has 2 aromatic rings. The molecule has 27 heavy (non-hydrogen) atoms. The van der Waals surface area contributed by atoms with Crippen LogP contribution in [0.1, 0.15) is 31.2 Å². The van der Waals surface area contributed by atoms with Crippen molar-refractivity contribution < 1.29 is 9.59 Å². The zero-order valence-electron chi connectivity index (χ0n) is 15.0. The van der Waals surface area contributed by atoms with Crippen molar-refractivity contribution in [2.24, 2.45) is 10.8 Å². The van der Waals surface area contributed by atoms with E-state index in [4.69, 9.17) is 5.73 Å². The molecule has 0 saturated heterocycles. The van der Waals surface area contributed by atoms with Gasteiger partial charge in [-0.05, 0) is 37.0 Å². The van der Waals surface area contributed by atoms with Crippen LogP contribution in [-0.4, -0.2) is 23.6 Å². The zero-order valence-corrected chi connectivity index (χ0v) is 15.0. The zero-order chi connectivity index (χ0) is 18.9. The number of nitrogens with zero attached hydrogens (tertiary/aromatic N) is 2. The lowest BCUT2D eigenvalue weighted by atomic mass is 9.71. The molecule has 6 heteroatoms. The largest absolute Gasteiger partial charge is 0.368 e. The second-order valence-corrected chi connectivity index (χ2v) is 7.10. The first kappa shape index (κ1) is 17.3. The molecule has 0 unspecified atom stereocenters. The Labute approximate surface area is 158 Å². The van der Waals surface area contributed by atoms with Crippen LogP contribution in [0.5, 0.6) is 0 Å². The fourth-order valence-electron chi connectivity index (χ4n) is 3.75. The Morgan fingerprint density at radius 2 is 1.67 bits per heavy atom. The van der Waals surface area contributed by atoms with Crippen LogP contribution in [0.15, 0.2) is 65.8 Å². The number of hydrazone groups is 1. The number of para-hydroxylation sites is 1. The van der Waals surface area contributed by atoms with Crippen molar-refractivity contribution in [3.8, 4) is 0 Å². The van der Waals surface area contributed by atoms with Gasteiger partial charge in [-0.2, -0.15) is 5.10 Å². The van der Waals surface area contributed by atoms with Crippen molar-refractivity contribution in [1.82, 2.24) is 5.32 Å². The molecular formula is C21H22N4O2. The molecule has 0 bridgehead atoms. The van der Waals surface area contributed by atoms with Gasteiger partial charge in [0.25, 0.3) is 5.91 Å². The third-order valence-corrected chi connectivity index (χ3v) is 5.41. The number of nitrogens with one attached hydrogen (secondary N) is 1. The van der Waals surface area contributed by atoms with Crippen LogP contribution in [0.4, 0.5) is 5.69 Å². The minimum Gasteiger partial charge on any atom is -0.368 e. The highest BCUT2D eigenvalue weighted by molar-refractivity contribution is 6.40. The van der Waals surface area contributed by atoms with Crippen molar-refractivity contribution in [1.29, 1.82) is 0 Å². The molecule has 138 valence electrons. The van der Waals surface area contributed by atoms with Crippen LogP contribution in [0.3, 0.4) is 0 Å². The monoisotopic (exact) mass is 362 g/mol. The van der Waals surface area contributed by atoms with E-state index >= 15 is 0 Å². The standard InChI is InChI=1S/C21H22N4O2/c22-19(26)18-14-17(24-25(18)16-10-5-2-6-11-16)20(27)23-21(12-7-13-21)15-8-3-1-4-9-15/h1-6,8-11,18H,7,12-14H2,(H2,22,26)(H,23,27)/t18-/m1/s1. The van der Waals surface area contributed by atoms with Gasteiger partial charge in [-0.3, -0.25) is 14.6 Å². The van der Waals surface area contributed by atoms with Crippen LogP contribution in [0.25, 0.3) is 0 Å². The third kappa shape index (κ3) is 3.18. The predicted octanol–water partition coefficient (Wildman–Crippen LogP) is 2.30. The average Bonchev–Trinajstić information content (AvgIpc) is 3.12. The quantitative estimate of drug-likeness (QED) is 0.855. The van der Waals surface area contributed by atoms with E-state index < -0.39 is 11.9 Å². The van der Waals surface area contributed by atoms with Gasteiger partial charge >= 0.3 is 0 Å². The van der Waals surface area contributed by atoms with Crippen molar-refractivity contribution in [2.75, 3.05) is 5.01 Å². The molecule has 0 aromatic heterocycles. The van der Waals surface area contributed by atoms with E-state index in [2.05, 4.69) is 10.4 Å². The normalized spacial score (nSPS) is 20.5. The number of primary amides is 1. The average molecular weight is 362 g/mol. The van der Waals surface area contributed by atoms with Crippen molar-refractivity contribution >= 4 is 23.2 Å². The summed E-state index contributed by atoms with van der Waals surface area (Å²) in [5.74, 6) is -0.727. The number of rotatable bonds is 5. The van der Waals surface area contributed by atoms with E-state index in [1.807, 2.05) is 60.7 Å². The lowest BCUT2D eigenvalue weighted by molar-refractivity contribution is -0.119. The molecule has 6 nitrogen and oxygen atoms in total. The molecule has 1 heterocycles. The number of benzene rings is 2. The Morgan fingerprint density at radius 3 is 2.22 bits per heavy atom. The summed E-state index contributed by atoms with van der Waals surface area (Å²) < 4.78 is 0. The van der Waals surface area contributed by atoms with Crippen LogP contribution >= 0.6 is 0 Å². The number of anilines is 1. The summed E-state index contributed by atoms with van der Waals surface area (Å²) in [6.45, 7) is 0. The molecule has 0 radical (unpaired) electrons. The number of hydrogen-bond donors (Lipinski definition) is 2. The van der Waals surface area contributed by atoms with Crippen LogP contribution in [-0.2, 0) is 15.1 Å². The molecule has 1 aliphatic carbocycles. The molecule has 1 fully saturated rings. The maximum Gasteiger partial charge on any atom is 0.268 e. The minimum atomic E-state index is -0.651. The third-order valence-electron chi connectivity index (χ3n) is 5.41. The Hall–Kier alpha value is -3.15. The lowest BCUT2D eigenvalue weighted by Gasteiger charge is -2.43. The second-order valence-electron chi connectivity index (χ2n) is 7.10. The van der Waals surface area contributed by atoms with Gasteiger partial charge in [-0.25, -0.2) is 0 Å². The molecule has 1 atom stereocenters. The van der Waals surface area contributed by atoms with Crippen LogP contribution in [0.2, 0.25) is 0 Å². The summed E-state index contributed by atoms with van der Waals surface area (Å²) in [6.07, 6.45) is 3.08. The second kappa shape index (κ2) is 6.87. The fraction of sp³-hybridized carbons (Fsp3) is 0.286. The van der Waals surface area contributed by atoms with Gasteiger partial charge in [0, 0.05) is 6.42 Å². The predicted molar refractivity (Wildman–Crippen MR) is 104 cm³/mol. The van der Waals surface area contributed by atoms with E-state index in [0.717, 1.165) is 30.5 Å². The SMILES string of the molecule is NC(=O)[C@H]1CC(C(=O)NC2(c3ccccc3)CCC2)=NN1c1ccccc1. The maximum absolute atomic E-state index is 13.0. The highest BCUT2D eigenvalue weighted by atomic mass is 16.2. The van der Waals surface area contributed by atoms with Crippen LogP contribution < -0.4 is 16.1 Å². The van der Waals surface area contributed by atoms with E-state index in [1.54, 1.807) is 5.01 Å². The van der Waals surface area contributed by atoms with Gasteiger partial charge in [-0.1, -0.05) is 48.5 Å². The molecule has 2 aromatic carbocycles. The lowest BCUT2D eigenvalue weighted by Crippen LogP contribution is -2.52. The Kier molecular flexibility index (Phi) is 4.39. The van der Waals surface area contributed by atoms with Gasteiger partial charge in [-0.15, -0.1) is 0 Å². The van der Waals surface area contributed by atoms with Crippen molar-refractivity contribution in [2.45, 2.75) is 37.3 Å². The van der Waals surface area contributed by atoms with Gasteiger partial charge in [0.05, 0.1) is 11.2 Å². The molecule has 2 amide bonds. The van der Waals surface area contributed by atoms with E-state index in [-0.39, 0.29) is 17.9 Å². The summed E-state index contributed by atoms with van der Waals surface area (Å²) in [7, 11) is 0. The fourth-order valence-corrected chi connectivity index (χ4v) is 3.75. The number of nitrogens with two attached hydrogens (primary N) is 1. The summed E-state index contributed by atoms with van der Waals surface area (Å²) >= 11 is 0. The smallest absolute Gasteiger partial charge is 0.268 e. The highest BCUT2D eigenvalue weighted by Crippen LogP contribution is 2.41. The maximum atomic E-state index is 13.0. The van der Waals surface area contributed by atoms with Crippen molar-refractivity contribution in [3.63, 3.8) is 0 Å². The number of carbonyl (C=O) groups excluding carboxylic acids is 2. The Balaban J connectivity index is 1.57. The summed E-state index contributed by atoms with van der Waals surface area (Å²) in [6, 6.07) is 18.7. The topological polar surface area (TPSA) is 87.8 Å². The van der Waals surface area contributed by atoms with E-state index in [9.17, 15) is 9.59 Å². The highest BCUT2D eigenvalue weighted by Gasteiger charge is 2.42. The summed E-state index contributed by atoms with van der Waals surface area (Å²) in [5, 5.41) is 9.15.